The Bertz CT molecular complexity index is 595. The molecule has 0 fully saturated rings. The Morgan fingerprint density at radius 3 is 2.89 bits per heavy atom. The van der Waals surface area contributed by atoms with E-state index in [-0.39, 0.29) is 12.1 Å². The number of aromatic nitrogens is 2. The number of rotatable bonds is 5. The molecule has 0 saturated heterocycles. The summed E-state index contributed by atoms with van der Waals surface area (Å²) < 4.78 is 15.4. The van der Waals surface area contributed by atoms with Crippen molar-refractivity contribution in [1.29, 1.82) is 0 Å². The Labute approximate surface area is 109 Å². The van der Waals surface area contributed by atoms with Crippen molar-refractivity contribution in [2.24, 2.45) is 7.05 Å². The van der Waals surface area contributed by atoms with Crippen LogP contribution in [0.15, 0.2) is 30.6 Å². The summed E-state index contributed by atoms with van der Waals surface area (Å²) in [6.45, 7) is 0.736. The summed E-state index contributed by atoms with van der Waals surface area (Å²) in [6, 6.07) is 3.75. The Hall–Kier alpha value is -2.21. The maximum atomic E-state index is 13.5. The summed E-state index contributed by atoms with van der Waals surface area (Å²) in [5.41, 5.74) is 0.407. The molecule has 1 heterocycles. The lowest BCUT2D eigenvalue weighted by atomic mass is 10.1. The molecule has 1 aromatic heterocycles. The first-order valence-corrected chi connectivity index (χ1v) is 5.76. The van der Waals surface area contributed by atoms with Gasteiger partial charge in [-0.2, -0.15) is 0 Å². The van der Waals surface area contributed by atoms with E-state index in [0.29, 0.717) is 12.1 Å². The van der Waals surface area contributed by atoms with Crippen molar-refractivity contribution in [3.8, 4) is 0 Å². The first-order valence-electron chi connectivity index (χ1n) is 5.76. The fraction of sp³-hybridized carbons (Fsp3) is 0.231. The van der Waals surface area contributed by atoms with Crippen LogP contribution in [0.1, 0.15) is 21.7 Å². The molecule has 0 radical (unpaired) electrons. The number of hydrogen-bond acceptors (Lipinski definition) is 3. The average molecular weight is 263 g/mol. The van der Waals surface area contributed by atoms with Crippen LogP contribution in [-0.2, 0) is 20.1 Å². The van der Waals surface area contributed by atoms with Crippen LogP contribution in [0.25, 0.3) is 0 Å². The van der Waals surface area contributed by atoms with E-state index in [1.54, 1.807) is 6.20 Å². The lowest BCUT2D eigenvalue weighted by molar-refractivity contribution is 0.0696. The van der Waals surface area contributed by atoms with Crippen molar-refractivity contribution in [2.75, 3.05) is 0 Å². The molecule has 2 rings (SSSR count). The summed E-state index contributed by atoms with van der Waals surface area (Å²) >= 11 is 0. The summed E-state index contributed by atoms with van der Waals surface area (Å²) in [5.74, 6) is -0.655. The fourth-order valence-corrected chi connectivity index (χ4v) is 1.72. The summed E-state index contributed by atoms with van der Waals surface area (Å²) in [6.07, 6.45) is 3.51. The second-order valence-electron chi connectivity index (χ2n) is 4.17. The zero-order valence-electron chi connectivity index (χ0n) is 10.4. The number of carboxylic acids is 1. The van der Waals surface area contributed by atoms with Gasteiger partial charge in [0.15, 0.2) is 0 Å². The quantitative estimate of drug-likeness (QED) is 0.858. The Morgan fingerprint density at radius 1 is 1.47 bits per heavy atom. The van der Waals surface area contributed by atoms with Crippen LogP contribution < -0.4 is 5.32 Å². The van der Waals surface area contributed by atoms with Crippen LogP contribution in [0.3, 0.4) is 0 Å². The number of halogens is 1. The maximum Gasteiger partial charge on any atom is 0.335 e. The Morgan fingerprint density at radius 2 is 2.26 bits per heavy atom. The molecule has 5 nitrogen and oxygen atoms in total. The van der Waals surface area contributed by atoms with E-state index in [0.717, 1.165) is 5.82 Å². The van der Waals surface area contributed by atoms with Crippen LogP contribution >= 0.6 is 0 Å². The number of nitrogens with zero attached hydrogens (tertiary/aromatic N) is 2. The van der Waals surface area contributed by atoms with Gasteiger partial charge in [-0.25, -0.2) is 14.2 Å². The Balaban J connectivity index is 2.01. The molecular formula is C13H14FN3O2. The van der Waals surface area contributed by atoms with Gasteiger partial charge in [-0.05, 0) is 18.2 Å². The van der Waals surface area contributed by atoms with Gasteiger partial charge in [0.2, 0.25) is 0 Å². The van der Waals surface area contributed by atoms with E-state index >= 15 is 0 Å². The number of carboxylic acid groups (broad SMARTS) is 1. The van der Waals surface area contributed by atoms with Gasteiger partial charge in [-0.1, -0.05) is 0 Å². The molecule has 6 heteroatoms. The van der Waals surface area contributed by atoms with Crippen LogP contribution in [0, 0.1) is 5.82 Å². The summed E-state index contributed by atoms with van der Waals surface area (Å²) in [7, 11) is 1.87. The molecule has 100 valence electrons. The molecule has 0 aliphatic carbocycles. The van der Waals surface area contributed by atoms with Gasteiger partial charge in [0.1, 0.15) is 11.6 Å². The van der Waals surface area contributed by atoms with Crippen LogP contribution in [-0.4, -0.2) is 20.6 Å². The largest absolute Gasteiger partial charge is 0.478 e. The third-order valence-electron chi connectivity index (χ3n) is 2.81. The van der Waals surface area contributed by atoms with E-state index in [9.17, 15) is 9.18 Å². The minimum atomic E-state index is -1.06. The smallest absolute Gasteiger partial charge is 0.335 e. The molecule has 2 aromatic rings. The molecule has 19 heavy (non-hydrogen) atoms. The minimum Gasteiger partial charge on any atom is -0.478 e. The highest BCUT2D eigenvalue weighted by molar-refractivity contribution is 5.87. The fourth-order valence-electron chi connectivity index (χ4n) is 1.72. The molecule has 1 aromatic carbocycles. The van der Waals surface area contributed by atoms with Gasteiger partial charge in [-0.15, -0.1) is 0 Å². The summed E-state index contributed by atoms with van der Waals surface area (Å²) in [5, 5.41) is 11.9. The number of aromatic carboxylic acids is 1. The second-order valence-corrected chi connectivity index (χ2v) is 4.17. The van der Waals surface area contributed by atoms with Gasteiger partial charge in [0.25, 0.3) is 0 Å². The number of hydrogen-bond donors (Lipinski definition) is 2. The molecule has 2 N–H and O–H groups in total. The van der Waals surface area contributed by atoms with E-state index in [1.807, 2.05) is 17.8 Å². The topological polar surface area (TPSA) is 67.2 Å². The molecule has 0 aliphatic rings. The lowest BCUT2D eigenvalue weighted by Crippen LogP contribution is -2.17. The number of aryl methyl sites for hydroxylation is 1. The summed E-state index contributed by atoms with van der Waals surface area (Å²) in [4.78, 5) is 14.9. The van der Waals surface area contributed by atoms with Crippen molar-refractivity contribution in [2.45, 2.75) is 13.1 Å². The molecule has 0 atom stereocenters. The third kappa shape index (κ3) is 3.17. The van der Waals surface area contributed by atoms with E-state index in [2.05, 4.69) is 10.3 Å². The zero-order valence-corrected chi connectivity index (χ0v) is 10.4. The standard InChI is InChI=1S/C13H14FN3O2/c1-17-5-4-16-12(17)8-15-7-10-6-9(13(18)19)2-3-11(10)14/h2-6,15H,7-8H2,1H3,(H,18,19). The number of imidazole rings is 1. The lowest BCUT2D eigenvalue weighted by Gasteiger charge is -2.07. The zero-order chi connectivity index (χ0) is 13.8. The molecule has 0 bridgehead atoms. The van der Waals surface area contributed by atoms with Gasteiger partial charge in [-0.3, -0.25) is 0 Å². The Kier molecular flexibility index (Phi) is 3.91. The van der Waals surface area contributed by atoms with E-state index < -0.39 is 11.8 Å². The molecule has 0 amide bonds. The molecule has 0 aliphatic heterocycles. The highest BCUT2D eigenvalue weighted by atomic mass is 19.1. The van der Waals surface area contributed by atoms with Crippen molar-refractivity contribution in [1.82, 2.24) is 14.9 Å². The number of nitrogens with one attached hydrogen (secondary N) is 1. The molecule has 0 saturated carbocycles. The van der Waals surface area contributed by atoms with Crippen molar-refractivity contribution < 1.29 is 14.3 Å². The molecular weight excluding hydrogens is 249 g/mol. The van der Waals surface area contributed by atoms with E-state index in [1.165, 1.54) is 18.2 Å². The van der Waals surface area contributed by atoms with E-state index in [4.69, 9.17) is 5.11 Å². The van der Waals surface area contributed by atoms with Crippen molar-refractivity contribution >= 4 is 5.97 Å². The third-order valence-corrected chi connectivity index (χ3v) is 2.81. The van der Waals surface area contributed by atoms with Crippen molar-refractivity contribution in [3.05, 3.63) is 53.4 Å². The van der Waals surface area contributed by atoms with Gasteiger partial charge >= 0.3 is 5.97 Å². The first kappa shape index (κ1) is 13.2. The maximum absolute atomic E-state index is 13.5. The normalized spacial score (nSPS) is 10.6. The van der Waals surface area contributed by atoms with Crippen LogP contribution in [0.4, 0.5) is 4.39 Å². The van der Waals surface area contributed by atoms with Crippen LogP contribution in [0.5, 0.6) is 0 Å². The van der Waals surface area contributed by atoms with Crippen molar-refractivity contribution in [3.63, 3.8) is 0 Å². The van der Waals surface area contributed by atoms with Gasteiger partial charge in [0.05, 0.1) is 12.1 Å². The van der Waals surface area contributed by atoms with Crippen LogP contribution in [0.2, 0.25) is 0 Å². The monoisotopic (exact) mass is 263 g/mol. The minimum absolute atomic E-state index is 0.0789. The predicted octanol–water partition coefficient (Wildman–Crippen LogP) is 1.55. The first-order chi connectivity index (χ1) is 9.08. The average Bonchev–Trinajstić information content (AvgIpc) is 2.77. The van der Waals surface area contributed by atoms with Gasteiger partial charge in [0, 0.05) is 31.5 Å². The molecule has 0 unspecified atom stereocenters. The van der Waals surface area contributed by atoms with Gasteiger partial charge < -0.3 is 15.0 Å². The highest BCUT2D eigenvalue weighted by Gasteiger charge is 2.08. The number of benzene rings is 1. The predicted molar refractivity (Wildman–Crippen MR) is 67.1 cm³/mol. The second kappa shape index (κ2) is 5.62. The number of carbonyl (C=O) groups is 1. The molecule has 0 spiro atoms. The highest BCUT2D eigenvalue weighted by Crippen LogP contribution is 2.11. The SMILES string of the molecule is Cn1ccnc1CNCc1cc(C(=O)O)ccc1F.